The van der Waals surface area contributed by atoms with Gasteiger partial charge in [-0.1, -0.05) is 25.3 Å². The molecule has 0 aliphatic heterocycles. The Morgan fingerprint density at radius 2 is 2.22 bits per heavy atom. The van der Waals surface area contributed by atoms with Crippen LogP contribution in [0, 0.1) is 5.92 Å². The Balaban J connectivity index is 1.85. The highest BCUT2D eigenvalue weighted by Gasteiger charge is 2.17. The molecule has 1 aromatic rings. The molecule has 1 aromatic carbocycles. The zero-order valence-electron chi connectivity index (χ0n) is 11.3. The molecule has 0 spiro atoms. The molecule has 1 saturated carbocycles. The molecule has 1 atom stereocenters. The van der Waals surface area contributed by atoms with Crippen molar-refractivity contribution in [2.45, 2.75) is 38.6 Å². The normalized spacial score (nSPS) is 17.2. The quantitative estimate of drug-likeness (QED) is 0.813. The van der Waals surface area contributed by atoms with Crippen LogP contribution in [-0.4, -0.2) is 18.8 Å². The third kappa shape index (κ3) is 3.16. The van der Waals surface area contributed by atoms with Crippen LogP contribution < -0.4 is 10.1 Å². The lowest BCUT2D eigenvalue weighted by Crippen LogP contribution is -2.24. The predicted octanol–water partition coefficient (Wildman–Crippen LogP) is 3.24. The van der Waals surface area contributed by atoms with Crippen molar-refractivity contribution in [3.05, 3.63) is 23.8 Å². The molecule has 0 bridgehead atoms. The predicted molar refractivity (Wildman–Crippen MR) is 73.0 cm³/mol. The molecule has 0 aromatic heterocycles. The van der Waals surface area contributed by atoms with Crippen LogP contribution in [0.25, 0.3) is 0 Å². The molecule has 3 nitrogen and oxygen atoms in total. The van der Waals surface area contributed by atoms with Gasteiger partial charge in [-0.3, -0.25) is 0 Å². The van der Waals surface area contributed by atoms with E-state index in [-0.39, 0.29) is 5.75 Å². The van der Waals surface area contributed by atoms with Crippen molar-refractivity contribution in [2.24, 2.45) is 5.92 Å². The van der Waals surface area contributed by atoms with Gasteiger partial charge < -0.3 is 15.2 Å². The van der Waals surface area contributed by atoms with Gasteiger partial charge in [0.15, 0.2) is 11.5 Å². The smallest absolute Gasteiger partial charge is 0.160 e. The highest BCUT2D eigenvalue weighted by atomic mass is 16.5. The van der Waals surface area contributed by atoms with E-state index in [1.807, 2.05) is 12.1 Å². The Bertz CT molecular complexity index is 388. The zero-order chi connectivity index (χ0) is 13.0. The van der Waals surface area contributed by atoms with Crippen molar-refractivity contribution < 1.29 is 9.84 Å². The lowest BCUT2D eigenvalue weighted by molar-refractivity contribution is 0.288. The fourth-order valence-corrected chi connectivity index (χ4v) is 2.37. The molecule has 0 amide bonds. The number of aromatic hydroxyl groups is 1. The van der Waals surface area contributed by atoms with Crippen molar-refractivity contribution in [1.82, 2.24) is 5.32 Å². The minimum absolute atomic E-state index is 0.197. The second-order valence-corrected chi connectivity index (χ2v) is 5.19. The summed E-state index contributed by atoms with van der Waals surface area (Å²) in [6.07, 6.45) is 5.50. The van der Waals surface area contributed by atoms with Crippen LogP contribution in [0.5, 0.6) is 11.5 Å². The fourth-order valence-electron chi connectivity index (χ4n) is 2.37. The topological polar surface area (TPSA) is 41.5 Å². The largest absolute Gasteiger partial charge is 0.504 e. The molecule has 1 fully saturated rings. The average Bonchev–Trinajstić information content (AvgIpc) is 2.32. The summed E-state index contributed by atoms with van der Waals surface area (Å²) in [5.74, 6) is 1.68. The van der Waals surface area contributed by atoms with Gasteiger partial charge in [-0.25, -0.2) is 0 Å². The van der Waals surface area contributed by atoms with Gasteiger partial charge in [0.25, 0.3) is 0 Å². The SMILES string of the molecule is COc1cc(C(C)NCCC2CCC2)ccc1O. The first-order valence-electron chi connectivity index (χ1n) is 6.81. The number of phenolic OH excluding ortho intramolecular Hbond substituents is 1. The summed E-state index contributed by atoms with van der Waals surface area (Å²) in [5, 5.41) is 13.1. The van der Waals surface area contributed by atoms with Crippen LogP contribution in [-0.2, 0) is 0 Å². The number of nitrogens with one attached hydrogen (secondary N) is 1. The van der Waals surface area contributed by atoms with Crippen LogP contribution >= 0.6 is 0 Å². The van der Waals surface area contributed by atoms with E-state index in [9.17, 15) is 5.11 Å². The van der Waals surface area contributed by atoms with Gasteiger partial charge in [0.05, 0.1) is 7.11 Å². The summed E-state index contributed by atoms with van der Waals surface area (Å²) in [7, 11) is 1.58. The first kappa shape index (κ1) is 13.2. The Hall–Kier alpha value is -1.22. The van der Waals surface area contributed by atoms with E-state index < -0.39 is 0 Å². The number of rotatable bonds is 6. The van der Waals surface area contributed by atoms with E-state index in [1.54, 1.807) is 13.2 Å². The highest BCUT2D eigenvalue weighted by Crippen LogP contribution is 2.30. The summed E-state index contributed by atoms with van der Waals surface area (Å²) < 4.78 is 5.13. The minimum atomic E-state index is 0.197. The van der Waals surface area contributed by atoms with Gasteiger partial charge in [-0.05, 0) is 43.5 Å². The standard InChI is InChI=1S/C15H23NO2/c1-11(16-9-8-12-4-3-5-12)13-6-7-14(17)15(10-13)18-2/h6-7,10-12,16-17H,3-5,8-9H2,1-2H3. The minimum Gasteiger partial charge on any atom is -0.504 e. The number of ether oxygens (including phenoxy) is 1. The lowest BCUT2D eigenvalue weighted by Gasteiger charge is -2.26. The first-order chi connectivity index (χ1) is 8.70. The molecule has 0 heterocycles. The second-order valence-electron chi connectivity index (χ2n) is 5.19. The Morgan fingerprint density at radius 3 is 2.83 bits per heavy atom. The summed E-state index contributed by atoms with van der Waals surface area (Å²) in [6.45, 7) is 3.21. The molecule has 1 unspecified atom stereocenters. The van der Waals surface area contributed by atoms with Crippen molar-refractivity contribution >= 4 is 0 Å². The third-order valence-corrected chi connectivity index (χ3v) is 3.93. The van der Waals surface area contributed by atoms with E-state index in [4.69, 9.17) is 4.74 Å². The number of benzene rings is 1. The van der Waals surface area contributed by atoms with Crippen LogP contribution in [0.3, 0.4) is 0 Å². The molecule has 2 N–H and O–H groups in total. The maximum atomic E-state index is 9.56. The lowest BCUT2D eigenvalue weighted by atomic mass is 9.83. The third-order valence-electron chi connectivity index (χ3n) is 3.93. The molecule has 1 aliphatic carbocycles. The second kappa shape index (κ2) is 6.10. The molecule has 2 rings (SSSR count). The van der Waals surface area contributed by atoms with Crippen LogP contribution in [0.4, 0.5) is 0 Å². The van der Waals surface area contributed by atoms with E-state index in [0.717, 1.165) is 18.0 Å². The number of phenols is 1. The summed E-state index contributed by atoms with van der Waals surface area (Å²) in [6, 6.07) is 5.83. The van der Waals surface area contributed by atoms with Gasteiger partial charge in [-0.2, -0.15) is 0 Å². The molecular weight excluding hydrogens is 226 g/mol. The Kier molecular flexibility index (Phi) is 4.48. The van der Waals surface area contributed by atoms with Gasteiger partial charge in [-0.15, -0.1) is 0 Å². The first-order valence-corrected chi connectivity index (χ1v) is 6.81. The van der Waals surface area contributed by atoms with Crippen molar-refractivity contribution in [1.29, 1.82) is 0 Å². The van der Waals surface area contributed by atoms with E-state index in [2.05, 4.69) is 12.2 Å². The molecule has 100 valence electrons. The van der Waals surface area contributed by atoms with Crippen molar-refractivity contribution in [2.75, 3.05) is 13.7 Å². The number of hydrogen-bond acceptors (Lipinski definition) is 3. The van der Waals surface area contributed by atoms with Gasteiger partial charge in [0, 0.05) is 6.04 Å². The Morgan fingerprint density at radius 1 is 1.44 bits per heavy atom. The van der Waals surface area contributed by atoms with Crippen molar-refractivity contribution in [3.8, 4) is 11.5 Å². The summed E-state index contributed by atoms with van der Waals surface area (Å²) in [4.78, 5) is 0. The molecule has 3 heteroatoms. The van der Waals surface area contributed by atoms with E-state index >= 15 is 0 Å². The van der Waals surface area contributed by atoms with Gasteiger partial charge >= 0.3 is 0 Å². The monoisotopic (exact) mass is 249 g/mol. The highest BCUT2D eigenvalue weighted by molar-refractivity contribution is 5.42. The fraction of sp³-hybridized carbons (Fsp3) is 0.600. The molecule has 1 aliphatic rings. The maximum absolute atomic E-state index is 9.56. The number of hydrogen-bond donors (Lipinski definition) is 2. The Labute approximate surface area is 109 Å². The molecule has 18 heavy (non-hydrogen) atoms. The van der Waals surface area contributed by atoms with E-state index in [0.29, 0.717) is 11.8 Å². The van der Waals surface area contributed by atoms with Crippen LogP contribution in [0.2, 0.25) is 0 Å². The van der Waals surface area contributed by atoms with Crippen LogP contribution in [0.15, 0.2) is 18.2 Å². The summed E-state index contributed by atoms with van der Waals surface area (Å²) >= 11 is 0. The van der Waals surface area contributed by atoms with Crippen LogP contribution in [0.1, 0.15) is 44.2 Å². The van der Waals surface area contributed by atoms with Gasteiger partial charge in [0.2, 0.25) is 0 Å². The van der Waals surface area contributed by atoms with Gasteiger partial charge in [0.1, 0.15) is 0 Å². The molecule has 0 saturated heterocycles. The van der Waals surface area contributed by atoms with Crippen molar-refractivity contribution in [3.63, 3.8) is 0 Å². The number of methoxy groups -OCH3 is 1. The summed E-state index contributed by atoms with van der Waals surface area (Å²) in [5.41, 5.74) is 1.15. The van der Waals surface area contributed by atoms with E-state index in [1.165, 1.54) is 25.7 Å². The average molecular weight is 249 g/mol. The maximum Gasteiger partial charge on any atom is 0.160 e. The molecule has 0 radical (unpaired) electrons. The zero-order valence-corrected chi connectivity index (χ0v) is 11.3. The molecular formula is C15H23NO2.